The highest BCUT2D eigenvalue weighted by Crippen LogP contribution is 2.31. The summed E-state index contributed by atoms with van der Waals surface area (Å²) >= 11 is 0. The van der Waals surface area contributed by atoms with Gasteiger partial charge in [-0.25, -0.2) is 15.0 Å². The lowest BCUT2D eigenvalue weighted by atomic mass is 10.1. The summed E-state index contributed by atoms with van der Waals surface area (Å²) < 4.78 is 38.8. The van der Waals surface area contributed by atoms with E-state index in [0.29, 0.717) is 25.2 Å². The van der Waals surface area contributed by atoms with Crippen molar-refractivity contribution in [3.8, 4) is 0 Å². The number of alkyl halides is 3. The van der Waals surface area contributed by atoms with E-state index >= 15 is 0 Å². The second-order valence-electron chi connectivity index (χ2n) is 7.26. The van der Waals surface area contributed by atoms with Crippen LogP contribution >= 0.6 is 0 Å². The molecule has 160 valence electrons. The van der Waals surface area contributed by atoms with Gasteiger partial charge in [0.05, 0.1) is 11.3 Å². The number of nitrogen functional groups attached to an aromatic ring is 1. The molecule has 3 heterocycles. The number of pyridine rings is 1. The molecule has 0 spiro atoms. The van der Waals surface area contributed by atoms with Gasteiger partial charge in [0.15, 0.2) is 0 Å². The standard InChI is InChI=1S/C21H19F3N6O/c1-12-7-16(30-6-5-17-13(11-30)10-26-20(25)29-17)9-18(27-12)19(31)28-15-4-2-3-14(8-15)21(22,23)24/h2-4,7-10H,5-6,11H2,1H3,(H,28,31)(H2,25,26,29). The Hall–Kier alpha value is -3.69. The molecule has 0 saturated carbocycles. The van der Waals surface area contributed by atoms with Crippen LogP contribution in [0.15, 0.2) is 42.6 Å². The van der Waals surface area contributed by atoms with Crippen LogP contribution in [0.5, 0.6) is 0 Å². The monoisotopic (exact) mass is 428 g/mol. The summed E-state index contributed by atoms with van der Waals surface area (Å²) in [7, 11) is 0. The molecule has 1 amide bonds. The third kappa shape index (κ3) is 4.57. The van der Waals surface area contributed by atoms with E-state index in [1.165, 1.54) is 12.1 Å². The van der Waals surface area contributed by atoms with Crippen molar-refractivity contribution in [3.63, 3.8) is 0 Å². The van der Waals surface area contributed by atoms with Crippen molar-refractivity contribution < 1.29 is 18.0 Å². The summed E-state index contributed by atoms with van der Waals surface area (Å²) in [5, 5.41) is 2.50. The molecule has 4 rings (SSSR count). The Morgan fingerprint density at radius 3 is 2.77 bits per heavy atom. The fourth-order valence-electron chi connectivity index (χ4n) is 3.47. The third-order valence-corrected chi connectivity index (χ3v) is 4.94. The van der Waals surface area contributed by atoms with E-state index in [9.17, 15) is 18.0 Å². The summed E-state index contributed by atoms with van der Waals surface area (Å²) in [5.74, 6) is -0.349. The van der Waals surface area contributed by atoms with Crippen LogP contribution in [0, 0.1) is 6.92 Å². The maximum atomic E-state index is 12.9. The highest BCUT2D eigenvalue weighted by Gasteiger charge is 2.30. The first-order valence-electron chi connectivity index (χ1n) is 9.51. The largest absolute Gasteiger partial charge is 0.416 e. The summed E-state index contributed by atoms with van der Waals surface area (Å²) in [6.07, 6.45) is -2.12. The molecule has 1 aliphatic heterocycles. The van der Waals surface area contributed by atoms with Crippen LogP contribution in [-0.4, -0.2) is 27.4 Å². The van der Waals surface area contributed by atoms with E-state index in [1.54, 1.807) is 19.2 Å². The van der Waals surface area contributed by atoms with Crippen LogP contribution in [0.2, 0.25) is 0 Å². The normalized spacial score (nSPS) is 13.6. The van der Waals surface area contributed by atoms with Crippen LogP contribution < -0.4 is 16.0 Å². The van der Waals surface area contributed by atoms with E-state index in [-0.39, 0.29) is 17.3 Å². The number of nitrogens with two attached hydrogens (primary N) is 1. The summed E-state index contributed by atoms with van der Waals surface area (Å²) in [6.45, 7) is 2.97. The number of rotatable bonds is 3. The number of carbonyl (C=O) groups excluding carboxylic acids is 1. The molecule has 0 aliphatic carbocycles. The fraction of sp³-hybridized carbons (Fsp3) is 0.238. The van der Waals surface area contributed by atoms with Crippen molar-refractivity contribution in [2.24, 2.45) is 0 Å². The quantitative estimate of drug-likeness (QED) is 0.662. The maximum absolute atomic E-state index is 12.9. The van der Waals surface area contributed by atoms with Gasteiger partial charge in [-0.3, -0.25) is 4.79 Å². The van der Waals surface area contributed by atoms with E-state index < -0.39 is 17.6 Å². The summed E-state index contributed by atoms with van der Waals surface area (Å²) in [4.78, 5) is 27.3. The van der Waals surface area contributed by atoms with Crippen molar-refractivity contribution in [2.45, 2.75) is 26.1 Å². The number of nitrogens with one attached hydrogen (secondary N) is 1. The highest BCUT2D eigenvalue weighted by atomic mass is 19.4. The zero-order valence-electron chi connectivity index (χ0n) is 16.6. The molecule has 10 heteroatoms. The van der Waals surface area contributed by atoms with E-state index in [4.69, 9.17) is 5.73 Å². The van der Waals surface area contributed by atoms with Crippen LogP contribution in [0.25, 0.3) is 0 Å². The lowest BCUT2D eigenvalue weighted by Crippen LogP contribution is -2.31. The molecule has 7 nitrogen and oxygen atoms in total. The second-order valence-corrected chi connectivity index (χ2v) is 7.26. The maximum Gasteiger partial charge on any atom is 0.416 e. The Labute approximate surface area is 176 Å². The number of aryl methyl sites for hydroxylation is 1. The molecule has 1 aliphatic rings. The van der Waals surface area contributed by atoms with Crippen molar-refractivity contribution >= 4 is 23.2 Å². The third-order valence-electron chi connectivity index (χ3n) is 4.94. The first-order chi connectivity index (χ1) is 14.7. The van der Waals surface area contributed by atoms with Gasteiger partial charge in [0, 0.05) is 48.3 Å². The van der Waals surface area contributed by atoms with Gasteiger partial charge in [-0.2, -0.15) is 13.2 Å². The minimum absolute atomic E-state index is 0.0475. The minimum atomic E-state index is -4.49. The van der Waals surface area contributed by atoms with Gasteiger partial charge >= 0.3 is 6.18 Å². The number of amides is 1. The Morgan fingerprint density at radius 2 is 2.00 bits per heavy atom. The van der Waals surface area contributed by atoms with Gasteiger partial charge in [-0.1, -0.05) is 6.07 Å². The predicted molar refractivity (Wildman–Crippen MR) is 110 cm³/mol. The van der Waals surface area contributed by atoms with Crippen LogP contribution in [0.1, 0.15) is 33.0 Å². The Bertz CT molecular complexity index is 1150. The number of fused-ring (bicyclic) bond motifs is 1. The molecular weight excluding hydrogens is 409 g/mol. The molecule has 0 bridgehead atoms. The topological polar surface area (TPSA) is 97.0 Å². The molecule has 0 unspecified atom stereocenters. The number of aromatic nitrogens is 3. The van der Waals surface area contributed by atoms with Crippen molar-refractivity contribution in [1.29, 1.82) is 0 Å². The van der Waals surface area contributed by atoms with Crippen molar-refractivity contribution in [2.75, 3.05) is 22.5 Å². The molecule has 0 atom stereocenters. The van der Waals surface area contributed by atoms with Gasteiger partial charge < -0.3 is 16.0 Å². The smallest absolute Gasteiger partial charge is 0.368 e. The number of halogens is 3. The summed E-state index contributed by atoms with van der Waals surface area (Å²) in [5.41, 5.74) is 8.22. The predicted octanol–water partition coefficient (Wildman–Crippen LogP) is 3.60. The molecule has 0 fully saturated rings. The van der Waals surface area contributed by atoms with Gasteiger partial charge in [0.2, 0.25) is 5.95 Å². The van der Waals surface area contributed by atoms with Crippen LogP contribution in [0.4, 0.5) is 30.5 Å². The number of benzene rings is 1. The van der Waals surface area contributed by atoms with Gasteiger partial charge in [0.25, 0.3) is 5.91 Å². The van der Waals surface area contributed by atoms with Gasteiger partial charge in [-0.15, -0.1) is 0 Å². The Morgan fingerprint density at radius 1 is 1.19 bits per heavy atom. The zero-order valence-corrected chi connectivity index (χ0v) is 16.6. The first-order valence-corrected chi connectivity index (χ1v) is 9.51. The Balaban J connectivity index is 1.56. The number of nitrogens with zero attached hydrogens (tertiary/aromatic N) is 4. The van der Waals surface area contributed by atoms with Crippen molar-refractivity contribution in [3.05, 3.63) is 70.8 Å². The van der Waals surface area contributed by atoms with E-state index in [0.717, 1.165) is 29.1 Å². The molecule has 0 radical (unpaired) electrons. The second kappa shape index (κ2) is 7.86. The molecule has 3 N–H and O–H groups in total. The average Bonchev–Trinajstić information content (AvgIpc) is 2.72. The lowest BCUT2D eigenvalue weighted by Gasteiger charge is -2.30. The van der Waals surface area contributed by atoms with E-state index in [1.807, 2.05) is 6.07 Å². The molecule has 1 aromatic carbocycles. The van der Waals surface area contributed by atoms with Crippen LogP contribution in [-0.2, 0) is 19.1 Å². The molecule has 31 heavy (non-hydrogen) atoms. The number of hydrogen-bond donors (Lipinski definition) is 2. The highest BCUT2D eigenvalue weighted by molar-refractivity contribution is 6.03. The van der Waals surface area contributed by atoms with Crippen molar-refractivity contribution in [1.82, 2.24) is 15.0 Å². The number of carbonyl (C=O) groups is 1. The zero-order chi connectivity index (χ0) is 22.2. The molecular formula is C21H19F3N6O. The first kappa shape index (κ1) is 20.6. The summed E-state index contributed by atoms with van der Waals surface area (Å²) in [6, 6.07) is 7.96. The minimum Gasteiger partial charge on any atom is -0.368 e. The Kier molecular flexibility index (Phi) is 5.22. The van der Waals surface area contributed by atoms with Gasteiger partial charge in [-0.05, 0) is 37.3 Å². The van der Waals surface area contributed by atoms with Crippen LogP contribution in [0.3, 0.4) is 0 Å². The SMILES string of the molecule is Cc1cc(N2CCc3nc(N)ncc3C2)cc(C(=O)Nc2cccc(C(F)(F)F)c2)n1. The fourth-order valence-corrected chi connectivity index (χ4v) is 3.47. The average molecular weight is 428 g/mol. The molecule has 0 saturated heterocycles. The lowest BCUT2D eigenvalue weighted by molar-refractivity contribution is -0.137. The molecule has 3 aromatic rings. The van der Waals surface area contributed by atoms with E-state index in [2.05, 4.69) is 25.2 Å². The molecule has 2 aromatic heterocycles. The number of anilines is 3. The number of hydrogen-bond acceptors (Lipinski definition) is 6. The van der Waals surface area contributed by atoms with Gasteiger partial charge in [0.1, 0.15) is 5.69 Å².